The zero-order valence-electron chi connectivity index (χ0n) is 9.67. The number of nitrogens with zero attached hydrogens (tertiary/aromatic N) is 1. The highest BCUT2D eigenvalue weighted by Gasteiger charge is 2.22. The maximum absolute atomic E-state index is 11.8. The third-order valence-corrected chi connectivity index (χ3v) is 3.94. The predicted octanol–water partition coefficient (Wildman–Crippen LogP) is 1.69. The van der Waals surface area contributed by atoms with Crippen molar-refractivity contribution in [2.75, 3.05) is 0 Å². The third kappa shape index (κ3) is 3.05. The van der Waals surface area contributed by atoms with Crippen LogP contribution in [0.25, 0.3) is 0 Å². The fourth-order valence-electron chi connectivity index (χ4n) is 2.03. The average molecular weight is 270 g/mol. The second-order valence-electron chi connectivity index (χ2n) is 4.41. The van der Waals surface area contributed by atoms with E-state index in [0.29, 0.717) is 18.4 Å². The van der Waals surface area contributed by atoms with Gasteiger partial charge >= 0.3 is 5.00 Å². The molecule has 0 aromatic carbocycles. The van der Waals surface area contributed by atoms with Gasteiger partial charge in [0.1, 0.15) is 0 Å². The molecule has 2 N–H and O–H groups in total. The summed E-state index contributed by atoms with van der Waals surface area (Å²) < 4.78 is 0. The number of hydrogen-bond acceptors (Lipinski definition) is 5. The molecular weight excluding hydrogens is 256 g/mol. The van der Waals surface area contributed by atoms with E-state index in [9.17, 15) is 20.0 Å². The Labute approximate surface area is 108 Å². The minimum Gasteiger partial charge on any atom is -0.393 e. The van der Waals surface area contributed by atoms with Crippen LogP contribution in [0, 0.1) is 10.1 Å². The number of aliphatic hydroxyl groups is 1. The number of aliphatic hydroxyl groups excluding tert-OH is 1. The monoisotopic (exact) mass is 270 g/mol. The molecule has 0 atom stereocenters. The van der Waals surface area contributed by atoms with E-state index in [1.807, 2.05) is 0 Å². The number of nitrogens with one attached hydrogen (secondary N) is 1. The molecule has 1 amide bonds. The molecule has 0 spiro atoms. The number of amides is 1. The SMILES string of the molecule is O=C(NC1CCC(O)CC1)c1csc([N+](=O)[O-])c1. The molecule has 0 saturated heterocycles. The number of hydrogen-bond donors (Lipinski definition) is 2. The van der Waals surface area contributed by atoms with Gasteiger partial charge in [-0.15, -0.1) is 0 Å². The molecule has 1 fully saturated rings. The van der Waals surface area contributed by atoms with Crippen LogP contribution in [0.4, 0.5) is 5.00 Å². The normalized spacial score (nSPS) is 23.6. The van der Waals surface area contributed by atoms with E-state index in [1.165, 1.54) is 11.4 Å². The summed E-state index contributed by atoms with van der Waals surface area (Å²) in [5.41, 5.74) is 0.331. The maximum Gasteiger partial charge on any atom is 0.324 e. The Morgan fingerprint density at radius 2 is 2.11 bits per heavy atom. The van der Waals surface area contributed by atoms with Crippen LogP contribution < -0.4 is 5.32 Å². The molecule has 1 heterocycles. The van der Waals surface area contributed by atoms with Crippen LogP contribution in [0.15, 0.2) is 11.4 Å². The van der Waals surface area contributed by atoms with Crippen molar-refractivity contribution in [3.8, 4) is 0 Å². The Morgan fingerprint density at radius 1 is 1.44 bits per heavy atom. The molecule has 2 rings (SSSR count). The van der Waals surface area contributed by atoms with Crippen LogP contribution in [-0.4, -0.2) is 28.1 Å². The highest BCUT2D eigenvalue weighted by molar-refractivity contribution is 7.13. The minimum absolute atomic E-state index is 0.0285. The Kier molecular flexibility index (Phi) is 3.93. The molecular formula is C11H14N2O4S. The summed E-state index contributed by atoms with van der Waals surface area (Å²) in [6, 6.07) is 1.34. The van der Waals surface area contributed by atoms with E-state index in [0.717, 1.165) is 24.2 Å². The van der Waals surface area contributed by atoms with Crippen LogP contribution >= 0.6 is 11.3 Å². The lowest BCUT2D eigenvalue weighted by molar-refractivity contribution is -0.380. The summed E-state index contributed by atoms with van der Waals surface area (Å²) in [7, 11) is 0. The number of rotatable bonds is 3. The lowest BCUT2D eigenvalue weighted by Gasteiger charge is -2.25. The molecule has 6 nitrogen and oxygen atoms in total. The molecule has 1 aliphatic carbocycles. The van der Waals surface area contributed by atoms with Crippen molar-refractivity contribution in [2.24, 2.45) is 0 Å². The van der Waals surface area contributed by atoms with Crippen molar-refractivity contribution < 1.29 is 14.8 Å². The molecule has 98 valence electrons. The fourth-order valence-corrected chi connectivity index (χ4v) is 2.73. The summed E-state index contributed by atoms with van der Waals surface area (Å²) >= 11 is 0.948. The van der Waals surface area contributed by atoms with Crippen LogP contribution in [0.3, 0.4) is 0 Å². The quantitative estimate of drug-likeness (QED) is 0.645. The second-order valence-corrected chi connectivity index (χ2v) is 5.30. The van der Waals surface area contributed by atoms with Crippen LogP contribution in [0.1, 0.15) is 36.0 Å². The first-order valence-corrected chi connectivity index (χ1v) is 6.66. The first kappa shape index (κ1) is 13.0. The average Bonchev–Trinajstić information content (AvgIpc) is 2.81. The molecule has 18 heavy (non-hydrogen) atoms. The summed E-state index contributed by atoms with van der Waals surface area (Å²) in [5, 5.41) is 24.2. The van der Waals surface area contributed by atoms with Gasteiger partial charge < -0.3 is 10.4 Å². The van der Waals surface area contributed by atoms with E-state index in [2.05, 4.69) is 5.32 Å². The Balaban J connectivity index is 1.93. The molecule has 0 aliphatic heterocycles. The molecule has 0 radical (unpaired) electrons. The van der Waals surface area contributed by atoms with Crippen molar-refractivity contribution in [3.63, 3.8) is 0 Å². The van der Waals surface area contributed by atoms with E-state index in [4.69, 9.17) is 0 Å². The zero-order chi connectivity index (χ0) is 13.1. The number of carbonyl (C=O) groups is 1. The topological polar surface area (TPSA) is 92.5 Å². The predicted molar refractivity (Wildman–Crippen MR) is 66.7 cm³/mol. The van der Waals surface area contributed by atoms with Gasteiger partial charge in [0.2, 0.25) is 0 Å². The number of thiophene rings is 1. The molecule has 1 saturated carbocycles. The molecule has 0 bridgehead atoms. The molecule has 0 unspecified atom stereocenters. The molecule has 1 aromatic rings. The largest absolute Gasteiger partial charge is 0.393 e. The van der Waals surface area contributed by atoms with Crippen LogP contribution in [0.5, 0.6) is 0 Å². The van der Waals surface area contributed by atoms with Crippen molar-refractivity contribution >= 4 is 22.2 Å². The van der Waals surface area contributed by atoms with Crippen molar-refractivity contribution in [3.05, 3.63) is 27.1 Å². The first-order valence-electron chi connectivity index (χ1n) is 5.78. The van der Waals surface area contributed by atoms with Crippen LogP contribution in [0.2, 0.25) is 0 Å². The van der Waals surface area contributed by atoms with Gasteiger partial charge in [0.05, 0.1) is 16.6 Å². The van der Waals surface area contributed by atoms with Crippen molar-refractivity contribution in [1.82, 2.24) is 5.32 Å². The van der Waals surface area contributed by atoms with Gasteiger partial charge in [-0.2, -0.15) is 0 Å². The highest BCUT2D eigenvalue weighted by Crippen LogP contribution is 2.23. The Bertz CT molecular complexity index is 452. The van der Waals surface area contributed by atoms with Crippen molar-refractivity contribution in [2.45, 2.75) is 37.8 Å². The van der Waals surface area contributed by atoms with Gasteiger partial charge in [-0.3, -0.25) is 14.9 Å². The minimum atomic E-state index is -0.502. The lowest BCUT2D eigenvalue weighted by atomic mass is 9.93. The van der Waals surface area contributed by atoms with Crippen molar-refractivity contribution in [1.29, 1.82) is 0 Å². The molecule has 1 aliphatic rings. The highest BCUT2D eigenvalue weighted by atomic mass is 32.1. The number of nitro groups is 1. The first-order chi connectivity index (χ1) is 8.56. The van der Waals surface area contributed by atoms with E-state index in [1.54, 1.807) is 0 Å². The summed E-state index contributed by atoms with van der Waals surface area (Å²) in [4.78, 5) is 21.9. The lowest BCUT2D eigenvalue weighted by Crippen LogP contribution is -2.38. The molecule has 7 heteroatoms. The second kappa shape index (κ2) is 5.45. The smallest absolute Gasteiger partial charge is 0.324 e. The molecule has 1 aromatic heterocycles. The number of carbonyl (C=O) groups excluding carboxylic acids is 1. The maximum atomic E-state index is 11.8. The van der Waals surface area contributed by atoms with Gasteiger partial charge in [0.25, 0.3) is 5.91 Å². The zero-order valence-corrected chi connectivity index (χ0v) is 10.5. The van der Waals surface area contributed by atoms with Crippen LogP contribution in [-0.2, 0) is 0 Å². The summed E-state index contributed by atoms with van der Waals surface area (Å²) in [5.74, 6) is -0.277. The van der Waals surface area contributed by atoms with Gasteiger partial charge in [0.15, 0.2) is 0 Å². The van der Waals surface area contributed by atoms with E-state index in [-0.39, 0.29) is 23.1 Å². The van der Waals surface area contributed by atoms with Gasteiger partial charge in [0, 0.05) is 17.5 Å². The van der Waals surface area contributed by atoms with E-state index >= 15 is 0 Å². The van der Waals surface area contributed by atoms with Gasteiger partial charge in [-0.05, 0) is 25.7 Å². The van der Waals surface area contributed by atoms with Gasteiger partial charge in [-0.1, -0.05) is 11.3 Å². The summed E-state index contributed by atoms with van der Waals surface area (Å²) in [6.45, 7) is 0. The summed E-state index contributed by atoms with van der Waals surface area (Å²) in [6.07, 6.45) is 2.61. The van der Waals surface area contributed by atoms with E-state index < -0.39 is 4.92 Å². The third-order valence-electron chi connectivity index (χ3n) is 3.06. The standard InChI is InChI=1S/C11H14N2O4S/c14-9-3-1-8(2-4-9)12-11(15)7-5-10(13(16)17)18-6-7/h5-6,8-9,14H,1-4H2,(H,12,15). The Hall–Kier alpha value is -1.47. The Morgan fingerprint density at radius 3 is 2.67 bits per heavy atom. The van der Waals surface area contributed by atoms with Gasteiger partial charge in [-0.25, -0.2) is 0 Å². The fraction of sp³-hybridized carbons (Fsp3) is 0.545.